The molecule has 25 heavy (non-hydrogen) atoms. The van der Waals surface area contributed by atoms with Crippen molar-refractivity contribution in [3.63, 3.8) is 0 Å². The van der Waals surface area contributed by atoms with Gasteiger partial charge in [0.05, 0.1) is 10.6 Å². The summed E-state index contributed by atoms with van der Waals surface area (Å²) < 4.78 is 37.7. The molecule has 1 aromatic heterocycles. The van der Waals surface area contributed by atoms with Crippen LogP contribution in [0.25, 0.3) is 0 Å². The lowest BCUT2D eigenvalue weighted by molar-refractivity contribution is -0.155. The Bertz CT molecular complexity index is 684. The number of nitrogens with one attached hydrogen (secondary N) is 1. The second-order valence-electron chi connectivity index (χ2n) is 5.96. The van der Waals surface area contributed by atoms with Gasteiger partial charge in [-0.15, -0.1) is 0 Å². The molecule has 1 aliphatic rings. The number of carboxylic acids is 1. The Hall–Kier alpha value is -2.03. The number of rotatable bonds is 5. The zero-order valence-electron chi connectivity index (χ0n) is 13.4. The molecule has 2 heterocycles. The SMILES string of the molecule is CC1(C(=O)O)CCCN1C(=O)CCNc1ncc(C(F)(F)F)cc1Cl. The molecule has 1 saturated heterocycles. The fraction of sp³-hybridized carbons (Fsp3) is 0.533. The Labute approximate surface area is 147 Å². The molecule has 1 fully saturated rings. The molecule has 1 atom stereocenters. The number of aliphatic carboxylic acids is 1. The average Bonchev–Trinajstić information content (AvgIpc) is 2.91. The highest BCUT2D eigenvalue weighted by atomic mass is 35.5. The Morgan fingerprint density at radius 1 is 1.48 bits per heavy atom. The van der Waals surface area contributed by atoms with E-state index in [1.165, 1.54) is 11.8 Å². The molecule has 1 aromatic rings. The zero-order valence-corrected chi connectivity index (χ0v) is 14.1. The number of amides is 1. The Kier molecular flexibility index (Phi) is 5.46. The summed E-state index contributed by atoms with van der Waals surface area (Å²) in [5, 5.41) is 11.8. The minimum absolute atomic E-state index is 0.0259. The van der Waals surface area contributed by atoms with Crippen LogP contribution in [0.1, 0.15) is 31.7 Å². The Balaban J connectivity index is 1.95. The number of carboxylic acid groups (broad SMARTS) is 1. The molecule has 1 amide bonds. The van der Waals surface area contributed by atoms with Gasteiger partial charge in [0.1, 0.15) is 11.4 Å². The number of anilines is 1. The molecular formula is C15H17ClF3N3O3. The van der Waals surface area contributed by atoms with Crippen LogP contribution in [0.5, 0.6) is 0 Å². The molecule has 1 unspecified atom stereocenters. The lowest BCUT2D eigenvalue weighted by atomic mass is 9.99. The first-order valence-corrected chi connectivity index (χ1v) is 7.94. The van der Waals surface area contributed by atoms with E-state index >= 15 is 0 Å². The van der Waals surface area contributed by atoms with Crippen LogP contribution in [-0.2, 0) is 15.8 Å². The van der Waals surface area contributed by atoms with Crippen molar-refractivity contribution >= 4 is 29.3 Å². The normalized spacial score (nSPS) is 20.6. The van der Waals surface area contributed by atoms with Crippen LogP contribution in [0, 0.1) is 0 Å². The lowest BCUT2D eigenvalue weighted by Crippen LogP contribution is -2.51. The Morgan fingerprint density at radius 2 is 2.16 bits per heavy atom. The van der Waals surface area contributed by atoms with Gasteiger partial charge in [0.15, 0.2) is 0 Å². The van der Waals surface area contributed by atoms with Crippen molar-refractivity contribution in [1.29, 1.82) is 0 Å². The maximum atomic E-state index is 12.6. The van der Waals surface area contributed by atoms with Crippen molar-refractivity contribution in [2.75, 3.05) is 18.4 Å². The first-order chi connectivity index (χ1) is 11.6. The smallest absolute Gasteiger partial charge is 0.417 e. The topological polar surface area (TPSA) is 82.5 Å². The first kappa shape index (κ1) is 19.3. The van der Waals surface area contributed by atoms with E-state index in [0.29, 0.717) is 25.6 Å². The average molecular weight is 380 g/mol. The molecule has 6 nitrogen and oxygen atoms in total. The minimum atomic E-state index is -4.54. The monoisotopic (exact) mass is 379 g/mol. The number of aromatic nitrogens is 1. The molecule has 0 saturated carbocycles. The first-order valence-electron chi connectivity index (χ1n) is 7.56. The lowest BCUT2D eigenvalue weighted by Gasteiger charge is -2.31. The van der Waals surface area contributed by atoms with E-state index in [1.54, 1.807) is 0 Å². The van der Waals surface area contributed by atoms with Crippen LogP contribution in [0.15, 0.2) is 12.3 Å². The van der Waals surface area contributed by atoms with Gasteiger partial charge in [0.2, 0.25) is 5.91 Å². The number of nitrogens with zero attached hydrogens (tertiary/aromatic N) is 2. The number of pyridine rings is 1. The van der Waals surface area contributed by atoms with E-state index < -0.39 is 23.2 Å². The maximum Gasteiger partial charge on any atom is 0.417 e. The van der Waals surface area contributed by atoms with Gasteiger partial charge >= 0.3 is 12.1 Å². The Morgan fingerprint density at radius 3 is 2.72 bits per heavy atom. The van der Waals surface area contributed by atoms with Gasteiger partial charge in [0, 0.05) is 25.7 Å². The van der Waals surface area contributed by atoms with E-state index in [0.717, 1.165) is 6.07 Å². The van der Waals surface area contributed by atoms with Crippen molar-refractivity contribution in [2.24, 2.45) is 0 Å². The van der Waals surface area contributed by atoms with Crippen LogP contribution in [0.2, 0.25) is 5.02 Å². The molecule has 138 valence electrons. The fourth-order valence-electron chi connectivity index (χ4n) is 2.73. The molecule has 0 aliphatic carbocycles. The molecule has 2 N–H and O–H groups in total. The van der Waals surface area contributed by atoms with Gasteiger partial charge in [-0.25, -0.2) is 9.78 Å². The van der Waals surface area contributed by atoms with E-state index in [9.17, 15) is 27.9 Å². The van der Waals surface area contributed by atoms with Crippen LogP contribution in [-0.4, -0.2) is 45.5 Å². The maximum absolute atomic E-state index is 12.6. The molecule has 0 spiro atoms. The van der Waals surface area contributed by atoms with Crippen molar-refractivity contribution < 1.29 is 27.9 Å². The minimum Gasteiger partial charge on any atom is -0.480 e. The summed E-state index contributed by atoms with van der Waals surface area (Å²) in [7, 11) is 0. The molecule has 0 radical (unpaired) electrons. The van der Waals surface area contributed by atoms with Crippen LogP contribution >= 0.6 is 11.6 Å². The van der Waals surface area contributed by atoms with Crippen molar-refractivity contribution in [3.05, 3.63) is 22.8 Å². The third kappa shape index (κ3) is 4.15. The number of halogens is 4. The summed E-state index contributed by atoms with van der Waals surface area (Å²) in [5.74, 6) is -1.37. The van der Waals surface area contributed by atoms with Gasteiger partial charge in [-0.3, -0.25) is 4.79 Å². The molecular weight excluding hydrogens is 363 g/mol. The van der Waals surface area contributed by atoms with E-state index in [-0.39, 0.29) is 29.7 Å². The van der Waals surface area contributed by atoms with E-state index in [2.05, 4.69) is 10.3 Å². The fourth-order valence-corrected chi connectivity index (χ4v) is 2.96. The second-order valence-corrected chi connectivity index (χ2v) is 6.36. The van der Waals surface area contributed by atoms with Gasteiger partial charge in [-0.05, 0) is 25.8 Å². The number of hydrogen-bond acceptors (Lipinski definition) is 4. The quantitative estimate of drug-likeness (QED) is 0.821. The highest BCUT2D eigenvalue weighted by molar-refractivity contribution is 6.32. The third-order valence-corrected chi connectivity index (χ3v) is 4.49. The number of hydrogen-bond donors (Lipinski definition) is 2. The van der Waals surface area contributed by atoms with E-state index in [4.69, 9.17) is 11.6 Å². The summed E-state index contributed by atoms with van der Waals surface area (Å²) in [6, 6.07) is 0.751. The van der Waals surface area contributed by atoms with Gasteiger partial charge in [-0.2, -0.15) is 13.2 Å². The molecule has 0 aromatic carbocycles. The highest BCUT2D eigenvalue weighted by Gasteiger charge is 2.45. The van der Waals surface area contributed by atoms with Crippen LogP contribution in [0.3, 0.4) is 0 Å². The number of carbonyl (C=O) groups excluding carboxylic acids is 1. The van der Waals surface area contributed by atoms with Crippen LogP contribution < -0.4 is 5.32 Å². The summed E-state index contributed by atoms with van der Waals surface area (Å²) in [5.41, 5.74) is -2.19. The largest absolute Gasteiger partial charge is 0.480 e. The number of carbonyl (C=O) groups is 2. The zero-order chi connectivity index (χ0) is 18.8. The summed E-state index contributed by atoms with van der Waals surface area (Å²) >= 11 is 5.77. The standard InChI is InChI=1S/C15H17ClF3N3O3/c1-14(13(24)25)4-2-6-22(14)11(23)3-5-20-12-10(16)7-9(8-21-12)15(17,18)19/h7-8H,2-6H2,1H3,(H,20,21)(H,24,25). The van der Waals surface area contributed by atoms with Gasteiger partial charge < -0.3 is 15.3 Å². The van der Waals surface area contributed by atoms with Gasteiger partial charge in [0.25, 0.3) is 0 Å². The van der Waals surface area contributed by atoms with E-state index in [1.807, 2.05) is 0 Å². The summed E-state index contributed by atoms with van der Waals surface area (Å²) in [6.07, 6.45) is -2.93. The predicted octanol–water partition coefficient (Wildman–Crippen LogP) is 3.02. The van der Waals surface area contributed by atoms with Crippen LogP contribution in [0.4, 0.5) is 19.0 Å². The highest BCUT2D eigenvalue weighted by Crippen LogP contribution is 2.32. The number of alkyl halides is 3. The van der Waals surface area contributed by atoms with Crippen molar-refractivity contribution in [1.82, 2.24) is 9.88 Å². The molecule has 10 heteroatoms. The predicted molar refractivity (Wildman–Crippen MR) is 84.3 cm³/mol. The summed E-state index contributed by atoms with van der Waals surface area (Å²) in [6.45, 7) is 1.94. The second kappa shape index (κ2) is 7.07. The molecule has 1 aliphatic heterocycles. The van der Waals surface area contributed by atoms with Gasteiger partial charge in [-0.1, -0.05) is 11.6 Å². The summed E-state index contributed by atoms with van der Waals surface area (Å²) in [4.78, 5) is 28.5. The number of likely N-dealkylation sites (tertiary alicyclic amines) is 1. The molecule has 0 bridgehead atoms. The van der Waals surface area contributed by atoms with Crippen molar-refractivity contribution in [3.8, 4) is 0 Å². The third-order valence-electron chi connectivity index (χ3n) is 4.20. The van der Waals surface area contributed by atoms with Crippen molar-refractivity contribution in [2.45, 2.75) is 37.9 Å². The molecule has 2 rings (SSSR count).